The fraction of sp³-hybridized carbons (Fsp3) is 0. The molecule has 0 aliphatic carbocycles. The lowest BCUT2D eigenvalue weighted by molar-refractivity contribution is 0.598. The summed E-state index contributed by atoms with van der Waals surface area (Å²) in [6.07, 6.45) is 0. The van der Waals surface area contributed by atoms with Crippen molar-refractivity contribution in [1.29, 1.82) is 0 Å². The molecule has 0 aromatic heterocycles. The lowest BCUT2D eigenvalue weighted by Crippen LogP contribution is -2.12. The summed E-state index contributed by atoms with van der Waals surface area (Å²) in [6.45, 7) is 0. The van der Waals surface area contributed by atoms with Crippen molar-refractivity contribution < 1.29 is 8.42 Å². The molecule has 0 spiro atoms. The maximum atomic E-state index is 11.3. The Bertz CT molecular complexity index is 765. The van der Waals surface area contributed by atoms with E-state index in [0.717, 1.165) is 0 Å². The van der Waals surface area contributed by atoms with Gasteiger partial charge in [0, 0.05) is 0 Å². The Morgan fingerprint density at radius 1 is 1.15 bits per heavy atom. The summed E-state index contributed by atoms with van der Waals surface area (Å²) in [6, 6.07) is 9.45. The molecule has 0 atom stereocenters. The van der Waals surface area contributed by atoms with Crippen molar-refractivity contribution in [2.75, 3.05) is 11.1 Å². The average molecular weight is 377 g/mol. The predicted molar refractivity (Wildman–Crippen MR) is 84.7 cm³/mol. The van der Waals surface area contributed by atoms with Crippen LogP contribution in [-0.2, 0) is 10.0 Å². The largest absolute Gasteiger partial charge is 0.397 e. The van der Waals surface area contributed by atoms with Crippen LogP contribution >= 0.6 is 27.5 Å². The topological polar surface area (TPSA) is 98.2 Å². The Morgan fingerprint density at radius 3 is 2.50 bits per heavy atom. The Morgan fingerprint density at radius 2 is 1.85 bits per heavy atom. The number of nitrogens with one attached hydrogen (secondary N) is 1. The van der Waals surface area contributed by atoms with Crippen molar-refractivity contribution in [2.45, 2.75) is 4.90 Å². The van der Waals surface area contributed by atoms with Crippen LogP contribution in [0.3, 0.4) is 0 Å². The van der Waals surface area contributed by atoms with E-state index in [2.05, 4.69) is 21.2 Å². The van der Waals surface area contributed by atoms with Gasteiger partial charge in [0.2, 0.25) is 10.0 Å². The first-order valence-electron chi connectivity index (χ1n) is 5.42. The van der Waals surface area contributed by atoms with Crippen LogP contribution in [0.4, 0.5) is 17.1 Å². The Balaban J connectivity index is 2.46. The van der Waals surface area contributed by atoms with Crippen molar-refractivity contribution in [2.24, 2.45) is 5.14 Å². The lowest BCUT2D eigenvalue weighted by Gasteiger charge is -2.12. The van der Waals surface area contributed by atoms with Crippen molar-refractivity contribution in [3.8, 4) is 0 Å². The molecule has 5 nitrogen and oxygen atoms in total. The summed E-state index contributed by atoms with van der Waals surface area (Å²) < 4.78 is 23.4. The Labute approximate surface area is 130 Å². The summed E-state index contributed by atoms with van der Waals surface area (Å²) in [5, 5.41) is 8.64. The van der Waals surface area contributed by atoms with Gasteiger partial charge in [-0.25, -0.2) is 13.6 Å². The van der Waals surface area contributed by atoms with Crippen LogP contribution in [0.25, 0.3) is 0 Å². The van der Waals surface area contributed by atoms with Gasteiger partial charge in [0.25, 0.3) is 0 Å². The van der Waals surface area contributed by atoms with E-state index < -0.39 is 10.0 Å². The second-order valence-electron chi connectivity index (χ2n) is 4.02. The van der Waals surface area contributed by atoms with Crippen LogP contribution < -0.4 is 16.2 Å². The minimum absolute atomic E-state index is 0.0210. The van der Waals surface area contributed by atoms with E-state index >= 15 is 0 Å². The molecule has 0 saturated carbocycles. The average Bonchev–Trinajstić information content (AvgIpc) is 2.36. The molecule has 0 amide bonds. The van der Waals surface area contributed by atoms with Gasteiger partial charge in [-0.1, -0.05) is 17.7 Å². The van der Waals surface area contributed by atoms with E-state index in [9.17, 15) is 8.42 Å². The predicted octanol–water partition coefficient (Wildman–Crippen LogP) is 3.08. The third kappa shape index (κ3) is 3.24. The minimum Gasteiger partial charge on any atom is -0.397 e. The smallest absolute Gasteiger partial charge is 0.238 e. The number of halogens is 2. The van der Waals surface area contributed by atoms with E-state index in [1.165, 1.54) is 18.2 Å². The summed E-state index contributed by atoms with van der Waals surface area (Å²) in [5.74, 6) is 0. The van der Waals surface area contributed by atoms with Crippen LogP contribution in [0, 0.1) is 0 Å². The number of benzene rings is 2. The number of hydrogen-bond acceptors (Lipinski definition) is 4. The SMILES string of the molecule is Nc1ccc(S(N)(=O)=O)cc1Nc1cccc(Cl)c1Br. The Kier molecular flexibility index (Phi) is 4.24. The highest BCUT2D eigenvalue weighted by Gasteiger charge is 2.12. The first-order valence-corrected chi connectivity index (χ1v) is 8.14. The molecule has 5 N–H and O–H groups in total. The minimum atomic E-state index is -3.79. The maximum absolute atomic E-state index is 11.3. The lowest BCUT2D eigenvalue weighted by atomic mass is 10.2. The number of nitrogen functional groups attached to an aromatic ring is 1. The van der Waals surface area contributed by atoms with Crippen LogP contribution in [-0.4, -0.2) is 8.42 Å². The van der Waals surface area contributed by atoms with Crippen LogP contribution in [0.5, 0.6) is 0 Å². The van der Waals surface area contributed by atoms with E-state index in [-0.39, 0.29) is 4.90 Å². The highest BCUT2D eigenvalue weighted by Crippen LogP contribution is 2.34. The van der Waals surface area contributed by atoms with Gasteiger partial charge >= 0.3 is 0 Å². The monoisotopic (exact) mass is 375 g/mol. The summed E-state index contributed by atoms with van der Waals surface area (Å²) in [4.78, 5) is -0.0210. The molecule has 0 bridgehead atoms. The van der Waals surface area contributed by atoms with Gasteiger partial charge in [-0.2, -0.15) is 0 Å². The second kappa shape index (κ2) is 5.61. The van der Waals surface area contributed by atoms with Gasteiger partial charge in [-0.05, 0) is 46.3 Å². The highest BCUT2D eigenvalue weighted by molar-refractivity contribution is 9.10. The van der Waals surface area contributed by atoms with Gasteiger partial charge in [0.1, 0.15) is 0 Å². The standard InChI is InChI=1S/C12H11BrClN3O2S/c13-12-8(14)2-1-3-10(12)17-11-6-7(20(16,18)19)4-5-9(11)15/h1-6,17H,15H2,(H2,16,18,19). The van der Waals surface area contributed by atoms with Crippen molar-refractivity contribution >= 4 is 54.6 Å². The third-order valence-corrected chi connectivity index (χ3v) is 4.88. The third-order valence-electron chi connectivity index (χ3n) is 2.57. The van der Waals surface area contributed by atoms with Crippen molar-refractivity contribution in [3.05, 3.63) is 45.9 Å². The molecule has 2 aromatic rings. The van der Waals surface area contributed by atoms with E-state index in [1.807, 2.05) is 0 Å². The van der Waals surface area contributed by atoms with Crippen LogP contribution in [0.1, 0.15) is 0 Å². The molecule has 0 aliphatic heterocycles. The number of rotatable bonds is 3. The van der Waals surface area contributed by atoms with Crippen molar-refractivity contribution in [3.63, 3.8) is 0 Å². The van der Waals surface area contributed by atoms with E-state index in [1.54, 1.807) is 18.2 Å². The molecular weight excluding hydrogens is 366 g/mol. The molecule has 2 aromatic carbocycles. The summed E-state index contributed by atoms with van der Waals surface area (Å²) in [7, 11) is -3.79. The molecule has 0 heterocycles. The van der Waals surface area contributed by atoms with Gasteiger partial charge in [-0.3, -0.25) is 0 Å². The molecule has 0 fully saturated rings. The van der Waals surface area contributed by atoms with Gasteiger partial charge < -0.3 is 11.1 Å². The number of nitrogens with two attached hydrogens (primary N) is 2. The first-order chi connectivity index (χ1) is 9.29. The van der Waals surface area contributed by atoms with Crippen molar-refractivity contribution in [1.82, 2.24) is 0 Å². The highest BCUT2D eigenvalue weighted by atomic mass is 79.9. The first kappa shape index (κ1) is 15.1. The fourth-order valence-electron chi connectivity index (χ4n) is 1.57. The quantitative estimate of drug-likeness (QED) is 0.717. The number of primary sulfonamides is 1. The Hall–Kier alpha value is -1.28. The molecule has 2 rings (SSSR count). The summed E-state index contributed by atoms with van der Waals surface area (Å²) in [5.41, 5.74) is 7.31. The number of anilines is 3. The molecule has 20 heavy (non-hydrogen) atoms. The zero-order chi connectivity index (χ0) is 14.9. The molecule has 0 aliphatic rings. The normalized spacial score (nSPS) is 11.3. The zero-order valence-electron chi connectivity index (χ0n) is 10.1. The molecule has 0 unspecified atom stereocenters. The van der Waals surface area contributed by atoms with E-state index in [0.29, 0.717) is 26.6 Å². The van der Waals surface area contributed by atoms with Gasteiger partial charge in [-0.15, -0.1) is 0 Å². The van der Waals surface area contributed by atoms with E-state index in [4.69, 9.17) is 22.5 Å². The zero-order valence-corrected chi connectivity index (χ0v) is 13.3. The molecule has 8 heteroatoms. The molecule has 106 valence electrons. The van der Waals surface area contributed by atoms with Crippen LogP contribution in [0.2, 0.25) is 5.02 Å². The summed E-state index contributed by atoms with van der Waals surface area (Å²) >= 11 is 9.33. The molecule has 0 radical (unpaired) electrons. The molecule has 0 saturated heterocycles. The number of sulfonamides is 1. The maximum Gasteiger partial charge on any atom is 0.238 e. The van der Waals surface area contributed by atoms with Gasteiger partial charge in [0.15, 0.2) is 0 Å². The van der Waals surface area contributed by atoms with Crippen LogP contribution in [0.15, 0.2) is 45.8 Å². The molecular formula is C12H11BrClN3O2S. The van der Waals surface area contributed by atoms with Gasteiger partial charge in [0.05, 0.1) is 31.5 Å². The fourth-order valence-corrected chi connectivity index (χ4v) is 2.64. The number of hydrogen-bond donors (Lipinski definition) is 3. The second-order valence-corrected chi connectivity index (χ2v) is 6.78.